The highest BCUT2D eigenvalue weighted by molar-refractivity contribution is 5.85. The van der Waals surface area contributed by atoms with Crippen LogP contribution in [0.5, 0.6) is 0 Å². The number of Topliss-reactive ketones (excluding diaryl/α,β-unsaturated/α-hetero) is 2. The molecule has 2 N–H and O–H groups in total. The predicted molar refractivity (Wildman–Crippen MR) is 304 cm³/mol. The lowest BCUT2D eigenvalue weighted by molar-refractivity contribution is -0.139. The first kappa shape index (κ1) is 66.8. The van der Waals surface area contributed by atoms with Crippen molar-refractivity contribution < 1.29 is 19.1 Å². The second-order valence-electron chi connectivity index (χ2n) is 22.5. The highest BCUT2D eigenvalue weighted by atomic mass is 16.5. The molecule has 3 aliphatic carbocycles. The van der Waals surface area contributed by atoms with Gasteiger partial charge in [0.1, 0.15) is 23.4 Å². The van der Waals surface area contributed by atoms with Crippen LogP contribution in [0.15, 0.2) is 71.7 Å². The molecule has 70 heavy (non-hydrogen) atoms. The average Bonchev–Trinajstić information content (AvgIpc) is 3.32. The highest BCUT2D eigenvalue weighted by Crippen LogP contribution is 2.40. The second kappa shape index (κ2) is 37.5. The molecule has 1 amide bonds. The number of hydrogen-bond donors (Lipinski definition) is 1. The van der Waals surface area contributed by atoms with E-state index in [4.69, 9.17) is 10.5 Å². The summed E-state index contributed by atoms with van der Waals surface area (Å²) >= 11 is 0. The Kier molecular flexibility index (Phi) is 35.8. The minimum absolute atomic E-state index is 0.0336. The van der Waals surface area contributed by atoms with Gasteiger partial charge in [-0.1, -0.05) is 177 Å². The Labute approximate surface area is 433 Å². The van der Waals surface area contributed by atoms with Gasteiger partial charge in [-0.25, -0.2) is 0 Å². The zero-order valence-electron chi connectivity index (χ0n) is 48.8. The Bertz CT molecular complexity index is 1620. The van der Waals surface area contributed by atoms with Crippen molar-refractivity contribution in [2.24, 2.45) is 52.6 Å². The Morgan fingerprint density at radius 2 is 1.51 bits per heavy atom. The quantitative estimate of drug-likeness (QED) is 0.0379. The van der Waals surface area contributed by atoms with Gasteiger partial charge in [-0.15, -0.1) is 0 Å². The van der Waals surface area contributed by atoms with Crippen molar-refractivity contribution in [1.29, 1.82) is 0 Å². The molecule has 0 aliphatic heterocycles. The van der Waals surface area contributed by atoms with Crippen LogP contribution in [0.25, 0.3) is 0 Å². The molecular weight excluding hydrogens is 865 g/mol. The van der Waals surface area contributed by atoms with E-state index in [-0.39, 0.29) is 47.4 Å². The lowest BCUT2D eigenvalue weighted by Crippen LogP contribution is -2.57. The van der Waals surface area contributed by atoms with Gasteiger partial charge in [0.15, 0.2) is 0 Å². The van der Waals surface area contributed by atoms with Gasteiger partial charge < -0.3 is 25.2 Å². The molecule has 0 bridgehead atoms. The summed E-state index contributed by atoms with van der Waals surface area (Å²) in [4.78, 5) is 45.1. The number of ketones is 2. The molecule has 0 spiro atoms. The molecule has 0 aromatic heterocycles. The number of allylic oxidation sites excluding steroid dienone is 11. The maximum Gasteiger partial charge on any atom is 0.210 e. The number of hydrogen-bond acceptors (Lipinski definition) is 7. The van der Waals surface area contributed by atoms with Crippen LogP contribution in [0.2, 0.25) is 0 Å². The van der Waals surface area contributed by atoms with Crippen molar-refractivity contribution in [2.45, 2.75) is 218 Å². The van der Waals surface area contributed by atoms with E-state index in [2.05, 4.69) is 117 Å². The smallest absolute Gasteiger partial charge is 0.210 e. The Morgan fingerprint density at radius 3 is 1.97 bits per heavy atom. The summed E-state index contributed by atoms with van der Waals surface area (Å²) < 4.78 is 6.61. The van der Waals surface area contributed by atoms with E-state index in [1.165, 1.54) is 69.8 Å². The molecule has 0 saturated heterocycles. The van der Waals surface area contributed by atoms with Crippen molar-refractivity contribution in [3.8, 4) is 0 Å². The largest absolute Gasteiger partial charge is 0.494 e. The molecular formula is C62H112N4O4. The fraction of sp³-hybridized carbons (Fsp3) is 0.758. The number of amides is 1. The predicted octanol–water partition coefficient (Wildman–Crippen LogP) is 15.0. The van der Waals surface area contributed by atoms with Gasteiger partial charge in [0.05, 0.1) is 5.92 Å². The summed E-state index contributed by atoms with van der Waals surface area (Å²) in [5.41, 5.74) is 7.45. The molecule has 6 unspecified atom stereocenters. The van der Waals surface area contributed by atoms with E-state index in [0.29, 0.717) is 25.3 Å². The Morgan fingerprint density at radius 1 is 0.857 bits per heavy atom. The number of nitrogens with zero attached hydrogens (tertiary/aromatic N) is 3. The monoisotopic (exact) mass is 977 g/mol. The fourth-order valence-electron chi connectivity index (χ4n) is 10.3. The maximum atomic E-state index is 13.5. The molecule has 8 nitrogen and oxygen atoms in total. The maximum absolute atomic E-state index is 13.5. The zero-order chi connectivity index (χ0) is 53.4. The molecule has 8 heteroatoms. The van der Waals surface area contributed by atoms with Gasteiger partial charge in [-0.3, -0.25) is 14.4 Å². The molecule has 3 aliphatic rings. The van der Waals surface area contributed by atoms with Crippen LogP contribution in [0, 0.1) is 46.8 Å². The highest BCUT2D eigenvalue weighted by Gasteiger charge is 2.47. The van der Waals surface area contributed by atoms with Gasteiger partial charge in [0, 0.05) is 54.5 Å². The van der Waals surface area contributed by atoms with E-state index >= 15 is 0 Å². The van der Waals surface area contributed by atoms with Crippen LogP contribution in [0.4, 0.5) is 0 Å². The molecule has 0 heterocycles. The number of rotatable bonds is 27. The summed E-state index contributed by atoms with van der Waals surface area (Å²) in [7, 11) is 8.41. The first-order valence-corrected chi connectivity index (χ1v) is 28.2. The number of ether oxygens (including phenoxy) is 1. The van der Waals surface area contributed by atoms with Crippen LogP contribution in [-0.4, -0.2) is 92.1 Å². The molecule has 2 saturated carbocycles. The average molecular weight is 978 g/mol. The lowest BCUT2D eigenvalue weighted by atomic mass is 9.69. The van der Waals surface area contributed by atoms with Gasteiger partial charge >= 0.3 is 0 Å². The van der Waals surface area contributed by atoms with E-state index in [9.17, 15) is 14.4 Å². The molecule has 404 valence electrons. The summed E-state index contributed by atoms with van der Waals surface area (Å²) in [5, 5.41) is 0. The van der Waals surface area contributed by atoms with Crippen molar-refractivity contribution in [3.05, 3.63) is 71.7 Å². The van der Waals surface area contributed by atoms with Crippen molar-refractivity contribution >= 4 is 18.0 Å². The van der Waals surface area contributed by atoms with E-state index in [1.54, 1.807) is 11.1 Å². The van der Waals surface area contributed by atoms with Crippen molar-refractivity contribution in [2.75, 3.05) is 41.3 Å². The Balaban J connectivity index is 0.00000113. The van der Waals surface area contributed by atoms with Crippen LogP contribution in [0.3, 0.4) is 0 Å². The minimum atomic E-state index is -0.545. The molecule has 2 fully saturated rings. The summed E-state index contributed by atoms with van der Waals surface area (Å²) in [5.74, 6) is 3.25. The number of likely N-dealkylation sites (N-methyl/N-ethyl adjacent to an activating group) is 1. The molecule has 3 rings (SSSR count). The Hall–Kier alpha value is -3.23. The summed E-state index contributed by atoms with van der Waals surface area (Å²) in [6.45, 7) is 30.6. The fourth-order valence-corrected chi connectivity index (χ4v) is 10.3. The first-order chi connectivity index (χ1) is 33.1. The third-order valence-electron chi connectivity index (χ3n) is 15.2. The van der Waals surface area contributed by atoms with Crippen molar-refractivity contribution in [3.63, 3.8) is 0 Å². The normalized spacial score (nSPS) is 21.8. The number of unbranched alkanes of at least 4 members (excludes halogenated alkanes) is 2. The first-order valence-electron chi connectivity index (χ1n) is 28.2. The van der Waals surface area contributed by atoms with Crippen LogP contribution in [-0.2, 0) is 19.1 Å². The second-order valence-corrected chi connectivity index (χ2v) is 22.5. The third-order valence-corrected chi connectivity index (χ3v) is 15.2. The molecule has 0 aromatic carbocycles. The zero-order valence-corrected chi connectivity index (χ0v) is 48.8. The summed E-state index contributed by atoms with van der Waals surface area (Å²) in [6, 6.07) is 0.505. The van der Waals surface area contributed by atoms with E-state index in [0.717, 1.165) is 67.9 Å². The van der Waals surface area contributed by atoms with Crippen LogP contribution in [0.1, 0.15) is 200 Å². The summed E-state index contributed by atoms with van der Waals surface area (Å²) in [6.07, 6.45) is 38.5. The number of carbonyl (C=O) groups is 3. The standard InChI is InChI=1S/C30H56N2O4.C15H21N.C12H25N.C5H10/c1-13-17-22(6)28(35)24(8)29(32(20-33)19-18-31(11)12)30(9,10)26(16-4)36-25(15-3)23(7)27(34)21(5)14-2;1-2-3-4-6-11-15(13-16)12-14-9-7-5-8-10-14;1-5-6-11-7-10(2)8-12(9-11)13(3)4;1-5-3-2-4-5/h15,20-24,26,29H,13-14,16-19H2,1-12H3;5-9,11-13H,2-4,10,16H2,1H3;10-12H,5-9H2,1-4H3;5H,2-4H2,1H3/b25-15-;11-6+,14-12-,15-13-;;/t21-,22-,23?,24?,26-,29?;;;/m1.../s1. The SMILES string of the molecule is C/C=C(\O[C@H](CC)C(C)(C)C(C(C)C(=O)[C@H](C)CCC)N(C=O)CCN(C)C)C(C)C(=O)[C@H](C)CC.CC1CCC1.CCCC/C=C/C(=C/N)/C=C1/C=CC=CC1.CCCC1CC(C)CC(N(C)C)C1. The van der Waals surface area contributed by atoms with Crippen LogP contribution >= 0.6 is 0 Å². The van der Waals surface area contributed by atoms with Crippen LogP contribution < -0.4 is 5.73 Å². The molecule has 9 atom stereocenters. The van der Waals surface area contributed by atoms with E-state index < -0.39 is 5.41 Å². The molecule has 0 radical (unpaired) electrons. The minimum Gasteiger partial charge on any atom is -0.494 e. The lowest BCUT2D eigenvalue weighted by Gasteiger charge is -2.48. The van der Waals surface area contributed by atoms with Gasteiger partial charge in [0.25, 0.3) is 0 Å². The van der Waals surface area contributed by atoms with E-state index in [1.807, 2.05) is 66.6 Å². The third kappa shape index (κ3) is 25.4. The number of carbonyl (C=O) groups excluding carboxylic acids is 3. The van der Waals surface area contributed by atoms with Crippen molar-refractivity contribution in [1.82, 2.24) is 14.7 Å². The number of nitrogens with two attached hydrogens (primary N) is 1. The topological polar surface area (TPSA) is 96.2 Å². The van der Waals surface area contributed by atoms with Gasteiger partial charge in [-0.2, -0.15) is 0 Å². The molecule has 0 aromatic rings. The van der Waals surface area contributed by atoms with Gasteiger partial charge in [-0.05, 0) is 128 Å². The van der Waals surface area contributed by atoms with Gasteiger partial charge in [0.2, 0.25) is 6.41 Å².